The Labute approximate surface area is 194 Å². The summed E-state index contributed by atoms with van der Waals surface area (Å²) in [6, 6.07) is 13.3. The zero-order chi connectivity index (χ0) is 22.8. The summed E-state index contributed by atoms with van der Waals surface area (Å²) in [5.41, 5.74) is -3.02. The molecule has 4 unspecified atom stereocenters. The second-order valence-corrected chi connectivity index (χ2v) is 9.60. The molecule has 7 heteroatoms. The second-order valence-electron chi connectivity index (χ2n) is 9.16. The van der Waals surface area contributed by atoms with Crippen LogP contribution in [0.3, 0.4) is 0 Å². The fraction of sp³-hybridized carbons (Fsp3) is 0.600. The van der Waals surface area contributed by atoms with Crippen molar-refractivity contribution in [3.05, 3.63) is 34.9 Å². The van der Waals surface area contributed by atoms with Gasteiger partial charge in [-0.15, -0.1) is 0 Å². The molecule has 2 aliphatic heterocycles. The topological polar surface area (TPSA) is 114 Å². The molecule has 0 aromatic heterocycles. The number of nitrogens with zero attached hydrogens (tertiary/aromatic N) is 3. The van der Waals surface area contributed by atoms with Crippen LogP contribution in [-0.4, -0.2) is 11.7 Å². The van der Waals surface area contributed by atoms with E-state index in [1.54, 1.807) is 24.3 Å². The average molecular weight is 451 g/mol. The lowest BCUT2D eigenvalue weighted by molar-refractivity contribution is -0.287. The van der Waals surface area contributed by atoms with Crippen molar-refractivity contribution in [2.75, 3.05) is 0 Å². The number of hydrogen-bond acceptors (Lipinski definition) is 6. The number of nitrogens with one attached hydrogen (secondary N) is 1. The first-order valence-electron chi connectivity index (χ1n) is 11.4. The number of halogens is 1. The quantitative estimate of drug-likeness (QED) is 0.547. The molecule has 1 aliphatic carbocycles. The van der Waals surface area contributed by atoms with Crippen LogP contribution in [0.5, 0.6) is 0 Å². The van der Waals surface area contributed by atoms with Gasteiger partial charge in [0.25, 0.3) is 0 Å². The van der Waals surface area contributed by atoms with E-state index in [-0.39, 0.29) is 5.90 Å². The lowest BCUT2D eigenvalue weighted by Crippen LogP contribution is -2.59. The van der Waals surface area contributed by atoms with E-state index in [9.17, 15) is 15.8 Å². The molecule has 1 aromatic rings. The average Bonchev–Trinajstić information content (AvgIpc) is 2.97. The summed E-state index contributed by atoms with van der Waals surface area (Å²) in [7, 11) is 0. The third-order valence-electron chi connectivity index (χ3n) is 7.49. The van der Waals surface area contributed by atoms with E-state index >= 15 is 0 Å². The molecule has 1 saturated carbocycles. The van der Waals surface area contributed by atoms with E-state index < -0.39 is 28.6 Å². The van der Waals surface area contributed by atoms with Gasteiger partial charge in [-0.2, -0.15) is 15.8 Å². The lowest BCUT2D eigenvalue weighted by atomic mass is 9.52. The molecular weight excluding hydrogens is 424 g/mol. The van der Waals surface area contributed by atoms with Crippen LogP contribution in [-0.2, 0) is 9.47 Å². The van der Waals surface area contributed by atoms with E-state index in [4.69, 9.17) is 26.5 Å². The molecule has 3 aliphatic rings. The Morgan fingerprint density at radius 2 is 1.47 bits per heavy atom. The largest absolute Gasteiger partial charge is 0.447 e. The Morgan fingerprint density at radius 1 is 0.875 bits per heavy atom. The van der Waals surface area contributed by atoms with Gasteiger partial charge in [-0.1, -0.05) is 68.7 Å². The van der Waals surface area contributed by atoms with Crippen LogP contribution in [0.2, 0.25) is 5.02 Å². The molecule has 2 bridgehead atoms. The first kappa shape index (κ1) is 22.6. The molecule has 166 valence electrons. The molecule has 2 saturated heterocycles. The maximum atomic E-state index is 10.5. The van der Waals surface area contributed by atoms with Crippen LogP contribution in [0.25, 0.3) is 0 Å². The van der Waals surface area contributed by atoms with Crippen molar-refractivity contribution in [1.29, 1.82) is 21.2 Å². The van der Waals surface area contributed by atoms with Crippen LogP contribution in [0.1, 0.15) is 75.9 Å². The lowest BCUT2D eigenvalue weighted by Gasteiger charge is -2.50. The highest BCUT2D eigenvalue weighted by molar-refractivity contribution is 6.30. The van der Waals surface area contributed by atoms with E-state index in [2.05, 4.69) is 18.2 Å². The molecule has 0 spiro atoms. The Kier molecular flexibility index (Phi) is 6.17. The van der Waals surface area contributed by atoms with E-state index in [0.717, 1.165) is 38.5 Å². The summed E-state index contributed by atoms with van der Waals surface area (Å²) >= 11 is 6.07. The van der Waals surface area contributed by atoms with Crippen molar-refractivity contribution < 1.29 is 9.47 Å². The summed E-state index contributed by atoms with van der Waals surface area (Å²) in [5.74, 6) is -2.04. The van der Waals surface area contributed by atoms with Gasteiger partial charge in [0.05, 0.1) is 24.1 Å². The van der Waals surface area contributed by atoms with Gasteiger partial charge >= 0.3 is 0 Å². The third-order valence-corrected chi connectivity index (χ3v) is 7.74. The number of rotatable bonds is 1. The second kappa shape index (κ2) is 8.74. The first-order chi connectivity index (χ1) is 15.5. The number of ether oxygens (including phenoxy) is 2. The van der Waals surface area contributed by atoms with Crippen LogP contribution in [0.4, 0.5) is 0 Å². The monoisotopic (exact) mass is 450 g/mol. The molecule has 1 aromatic carbocycles. The Morgan fingerprint density at radius 3 is 2.06 bits per heavy atom. The van der Waals surface area contributed by atoms with E-state index in [1.165, 1.54) is 12.8 Å². The SMILES string of the molecule is N#CC1(C#N)C(c2ccc(Cl)cc2)OC23CCCCCCCCCCC2C1(C#N)C(=N)O3. The number of nitriles is 3. The standard InChI is InChI=1S/C25H27ClN4O2/c26-19-12-10-18(11-13-19)21-23(15-27,16-28)24(17-29)20-9-7-5-3-1-2-4-6-8-14-25(20,31-21)32-22(24)30/h10-13,20-21,30H,1-9,14H2. The minimum Gasteiger partial charge on any atom is -0.447 e. The van der Waals surface area contributed by atoms with Gasteiger partial charge in [0.15, 0.2) is 5.41 Å². The normalized spacial score (nSPS) is 34.4. The van der Waals surface area contributed by atoms with Crippen molar-refractivity contribution in [3.63, 3.8) is 0 Å². The van der Waals surface area contributed by atoms with Crippen molar-refractivity contribution in [1.82, 2.24) is 0 Å². The summed E-state index contributed by atoms with van der Waals surface area (Å²) in [6.07, 6.45) is 8.43. The Bertz CT molecular complexity index is 991. The van der Waals surface area contributed by atoms with Gasteiger partial charge in [0.1, 0.15) is 6.10 Å². The van der Waals surface area contributed by atoms with E-state index in [0.29, 0.717) is 23.4 Å². The van der Waals surface area contributed by atoms with Crippen LogP contribution in [0, 0.1) is 56.2 Å². The molecule has 32 heavy (non-hydrogen) atoms. The highest BCUT2D eigenvalue weighted by Crippen LogP contribution is 2.68. The number of hydrogen-bond donors (Lipinski definition) is 1. The molecule has 0 amide bonds. The van der Waals surface area contributed by atoms with Crippen molar-refractivity contribution in [2.45, 2.75) is 76.1 Å². The van der Waals surface area contributed by atoms with Gasteiger partial charge in [0, 0.05) is 11.4 Å². The smallest absolute Gasteiger partial charge is 0.217 e. The fourth-order valence-corrected chi connectivity index (χ4v) is 5.99. The summed E-state index contributed by atoms with van der Waals surface area (Å²) < 4.78 is 12.7. The molecule has 1 N–H and O–H groups in total. The molecular formula is C25H27ClN4O2. The van der Waals surface area contributed by atoms with Crippen LogP contribution < -0.4 is 0 Å². The molecule has 0 radical (unpaired) electrons. The molecule has 2 heterocycles. The van der Waals surface area contributed by atoms with Gasteiger partial charge < -0.3 is 9.47 Å². The van der Waals surface area contributed by atoms with Gasteiger partial charge in [0.2, 0.25) is 17.1 Å². The highest BCUT2D eigenvalue weighted by atomic mass is 35.5. The van der Waals surface area contributed by atoms with Crippen molar-refractivity contribution in [2.24, 2.45) is 16.7 Å². The molecule has 3 fully saturated rings. The molecule has 4 atom stereocenters. The summed E-state index contributed by atoms with van der Waals surface area (Å²) in [6.45, 7) is 0. The minimum atomic E-state index is -1.91. The zero-order valence-electron chi connectivity index (χ0n) is 18.1. The molecule has 4 rings (SSSR count). The van der Waals surface area contributed by atoms with Gasteiger partial charge in [-0.05, 0) is 30.5 Å². The van der Waals surface area contributed by atoms with Crippen LogP contribution in [0.15, 0.2) is 24.3 Å². The predicted molar refractivity (Wildman–Crippen MR) is 118 cm³/mol. The van der Waals surface area contributed by atoms with Crippen LogP contribution >= 0.6 is 11.6 Å². The zero-order valence-corrected chi connectivity index (χ0v) is 18.8. The third kappa shape index (κ3) is 3.19. The van der Waals surface area contributed by atoms with E-state index in [1.807, 2.05) is 0 Å². The predicted octanol–water partition coefficient (Wildman–Crippen LogP) is 6.19. The highest BCUT2D eigenvalue weighted by Gasteiger charge is 2.79. The summed E-state index contributed by atoms with van der Waals surface area (Å²) in [5, 5.41) is 40.5. The maximum absolute atomic E-state index is 10.5. The number of benzene rings is 1. The first-order valence-corrected chi connectivity index (χ1v) is 11.8. The summed E-state index contributed by atoms with van der Waals surface area (Å²) in [4.78, 5) is 0. The van der Waals surface area contributed by atoms with Gasteiger partial charge in [-0.3, -0.25) is 5.41 Å². The maximum Gasteiger partial charge on any atom is 0.217 e. The van der Waals surface area contributed by atoms with Gasteiger partial charge in [-0.25, -0.2) is 0 Å². The molecule has 6 nitrogen and oxygen atoms in total. The Hall–Kier alpha value is -2.59. The fourth-order valence-electron chi connectivity index (χ4n) is 5.86. The minimum absolute atomic E-state index is 0.306. The van der Waals surface area contributed by atoms with Crippen molar-refractivity contribution >= 4 is 17.5 Å². The van der Waals surface area contributed by atoms with Crippen molar-refractivity contribution in [3.8, 4) is 18.2 Å². The Balaban J connectivity index is 1.88.